The molecule has 14 heteroatoms. The van der Waals surface area contributed by atoms with Crippen molar-refractivity contribution in [1.82, 2.24) is 0 Å². The third-order valence-corrected chi connectivity index (χ3v) is 4.20. The summed E-state index contributed by atoms with van der Waals surface area (Å²) in [6.07, 6.45) is -8.87. The fourth-order valence-electron chi connectivity index (χ4n) is 1.91. The Balaban J connectivity index is 3.36. The summed E-state index contributed by atoms with van der Waals surface area (Å²) in [6.45, 7) is 0. The van der Waals surface area contributed by atoms with E-state index in [2.05, 4.69) is 0 Å². The third kappa shape index (κ3) is 4.45. The number of rotatable bonds is 7. The molecule has 1 rings (SSSR count). The van der Waals surface area contributed by atoms with Crippen LogP contribution in [0.25, 0.3) is 0 Å². The van der Waals surface area contributed by atoms with Gasteiger partial charge < -0.3 is 0 Å². The first-order chi connectivity index (χ1) is 12.7. The Morgan fingerprint density at radius 3 is 1.48 bits per heavy atom. The minimum atomic E-state index is -7.89. The molecule has 0 radical (unpaired) electrons. The van der Waals surface area contributed by atoms with Crippen LogP contribution in [0.2, 0.25) is 0 Å². The molecular formula is C15H8F13I. The summed E-state index contributed by atoms with van der Waals surface area (Å²) in [5.41, 5.74) is 0.202. The highest BCUT2D eigenvalue weighted by Crippen LogP contribution is 2.60. The van der Waals surface area contributed by atoms with Gasteiger partial charge in [0, 0.05) is 12.5 Å². The normalized spacial score (nSPS) is 15.6. The smallest absolute Gasteiger partial charge is 0.195 e. The van der Waals surface area contributed by atoms with Crippen LogP contribution in [0, 0.1) is 0 Å². The van der Waals surface area contributed by atoms with E-state index in [1.807, 2.05) is 0 Å². The molecule has 0 aliphatic carbocycles. The second kappa shape index (κ2) is 7.80. The van der Waals surface area contributed by atoms with Crippen molar-refractivity contribution >= 4 is 22.6 Å². The van der Waals surface area contributed by atoms with Crippen LogP contribution in [-0.4, -0.2) is 35.8 Å². The molecule has 0 aliphatic rings. The molecule has 0 fully saturated rings. The molecule has 0 spiro atoms. The van der Waals surface area contributed by atoms with Crippen molar-refractivity contribution in [2.24, 2.45) is 0 Å². The van der Waals surface area contributed by atoms with Gasteiger partial charge in [-0.25, -0.2) is 0 Å². The largest absolute Gasteiger partial charge is 0.460 e. The monoisotopic (exact) mass is 562 g/mol. The highest BCUT2D eigenvalue weighted by molar-refractivity contribution is 14.1. The van der Waals surface area contributed by atoms with Crippen molar-refractivity contribution in [1.29, 1.82) is 0 Å². The van der Waals surface area contributed by atoms with E-state index < -0.39 is 51.9 Å². The maximum atomic E-state index is 13.7. The van der Waals surface area contributed by atoms with Gasteiger partial charge in [0.15, 0.2) is 0 Å². The molecule has 0 heterocycles. The molecule has 0 atom stereocenters. The predicted octanol–water partition coefficient (Wildman–Crippen LogP) is 7.29. The van der Waals surface area contributed by atoms with Gasteiger partial charge in [0.25, 0.3) is 0 Å². The Kier molecular flexibility index (Phi) is 6.94. The fourth-order valence-corrected chi connectivity index (χ4v) is 2.74. The third-order valence-electron chi connectivity index (χ3n) is 3.51. The van der Waals surface area contributed by atoms with Crippen LogP contribution in [-0.2, 0) is 6.42 Å². The molecule has 166 valence electrons. The SMILES string of the molecule is FC(F)(F)C(F)(F)C(F)(F)C(F)(F)C(F)(F)C(F)(F)C=C(I)Cc1ccccc1. The van der Waals surface area contributed by atoms with E-state index >= 15 is 0 Å². The van der Waals surface area contributed by atoms with E-state index in [1.54, 1.807) is 0 Å². The molecule has 0 amide bonds. The zero-order valence-corrected chi connectivity index (χ0v) is 15.6. The minimum Gasteiger partial charge on any atom is -0.195 e. The molecule has 0 saturated carbocycles. The van der Waals surface area contributed by atoms with Crippen molar-refractivity contribution in [3.63, 3.8) is 0 Å². The summed E-state index contributed by atoms with van der Waals surface area (Å²) >= 11 is 0.976. The molecule has 1 aromatic rings. The molecule has 0 N–H and O–H groups in total. The maximum absolute atomic E-state index is 13.7. The lowest BCUT2D eigenvalue weighted by Gasteiger charge is -2.39. The van der Waals surface area contributed by atoms with E-state index in [0.717, 1.165) is 22.6 Å². The van der Waals surface area contributed by atoms with E-state index in [1.165, 1.54) is 30.3 Å². The van der Waals surface area contributed by atoms with Gasteiger partial charge in [0.2, 0.25) is 0 Å². The quantitative estimate of drug-likeness (QED) is 0.242. The van der Waals surface area contributed by atoms with Gasteiger partial charge in [-0.2, -0.15) is 57.1 Å². The number of halogens is 14. The Morgan fingerprint density at radius 2 is 1.07 bits per heavy atom. The number of hydrogen-bond donors (Lipinski definition) is 0. The topological polar surface area (TPSA) is 0 Å². The van der Waals surface area contributed by atoms with Crippen molar-refractivity contribution in [2.75, 3.05) is 0 Å². The molecule has 0 nitrogen and oxygen atoms in total. The minimum absolute atomic E-state index is 0.202. The van der Waals surface area contributed by atoms with Crippen molar-refractivity contribution < 1.29 is 57.1 Å². The van der Waals surface area contributed by atoms with Crippen LogP contribution >= 0.6 is 22.6 Å². The van der Waals surface area contributed by atoms with Crippen LogP contribution in [0.1, 0.15) is 5.56 Å². The summed E-state index contributed by atoms with van der Waals surface area (Å²) < 4.78 is 168. The highest BCUT2D eigenvalue weighted by Gasteiger charge is 2.90. The number of benzene rings is 1. The van der Waals surface area contributed by atoms with Gasteiger partial charge in [-0.1, -0.05) is 30.3 Å². The molecule has 0 bridgehead atoms. The van der Waals surface area contributed by atoms with Gasteiger partial charge in [0.1, 0.15) is 0 Å². The van der Waals surface area contributed by atoms with E-state index in [0.29, 0.717) is 0 Å². The van der Waals surface area contributed by atoms with Crippen LogP contribution in [0.3, 0.4) is 0 Å². The van der Waals surface area contributed by atoms with Gasteiger partial charge >= 0.3 is 35.8 Å². The highest BCUT2D eigenvalue weighted by atomic mass is 127. The van der Waals surface area contributed by atoms with Crippen molar-refractivity contribution in [3.05, 3.63) is 45.6 Å². The summed E-state index contributed by atoms with van der Waals surface area (Å²) in [7, 11) is 0. The fraction of sp³-hybridized carbons (Fsp3) is 0.467. The van der Waals surface area contributed by atoms with Gasteiger partial charge in [0.05, 0.1) is 0 Å². The Labute approximate surface area is 167 Å². The lowest BCUT2D eigenvalue weighted by molar-refractivity contribution is -0.436. The Morgan fingerprint density at radius 1 is 0.655 bits per heavy atom. The molecule has 0 unspecified atom stereocenters. The molecule has 0 aromatic heterocycles. The summed E-state index contributed by atoms with van der Waals surface area (Å²) in [5.74, 6) is -36.9. The molecule has 0 aliphatic heterocycles. The maximum Gasteiger partial charge on any atom is 0.460 e. The summed E-state index contributed by atoms with van der Waals surface area (Å²) in [4.78, 5) is 0. The molecule has 1 aromatic carbocycles. The number of alkyl halides is 13. The van der Waals surface area contributed by atoms with E-state index in [4.69, 9.17) is 0 Å². The average Bonchev–Trinajstić information content (AvgIpc) is 2.53. The molecular weight excluding hydrogens is 554 g/mol. The molecule has 29 heavy (non-hydrogen) atoms. The van der Waals surface area contributed by atoms with Crippen molar-refractivity contribution in [3.8, 4) is 0 Å². The molecule has 0 saturated heterocycles. The first-order valence-electron chi connectivity index (χ1n) is 7.09. The summed E-state index contributed by atoms with van der Waals surface area (Å²) in [6, 6.07) is 6.86. The average molecular weight is 562 g/mol. The van der Waals surface area contributed by atoms with Gasteiger partial charge in [-0.3, -0.25) is 0 Å². The van der Waals surface area contributed by atoms with Crippen LogP contribution in [0.15, 0.2) is 40.0 Å². The summed E-state index contributed by atoms with van der Waals surface area (Å²) in [5, 5.41) is 0. The standard InChI is InChI=1S/C15H8F13I/c16-10(17,7-9(29)6-8-4-2-1-3-5-8)11(18,19)12(20,21)13(22,23)14(24,25)15(26,27)28/h1-5,7H,6H2. The second-order valence-electron chi connectivity index (χ2n) is 5.67. The lowest BCUT2D eigenvalue weighted by Crippen LogP contribution is -2.69. The second-order valence-corrected chi connectivity index (χ2v) is 7.06. The Bertz CT molecular complexity index is 734. The van der Waals surface area contributed by atoms with Gasteiger partial charge in [-0.15, -0.1) is 0 Å². The van der Waals surface area contributed by atoms with Crippen LogP contribution < -0.4 is 0 Å². The van der Waals surface area contributed by atoms with Gasteiger partial charge in [-0.05, 0) is 31.7 Å². The zero-order chi connectivity index (χ0) is 23.1. The zero-order valence-electron chi connectivity index (χ0n) is 13.5. The first-order valence-corrected chi connectivity index (χ1v) is 8.17. The van der Waals surface area contributed by atoms with Crippen LogP contribution in [0.4, 0.5) is 57.1 Å². The van der Waals surface area contributed by atoms with Crippen LogP contribution in [0.5, 0.6) is 0 Å². The van der Waals surface area contributed by atoms with Crippen molar-refractivity contribution in [2.45, 2.75) is 42.2 Å². The number of hydrogen-bond acceptors (Lipinski definition) is 0. The lowest BCUT2D eigenvalue weighted by atomic mass is 9.93. The van der Waals surface area contributed by atoms with E-state index in [-0.39, 0.29) is 5.56 Å². The Hall–Kier alpha value is -1.22. The first kappa shape index (κ1) is 25.8. The number of allylic oxidation sites excluding steroid dienone is 2. The predicted molar refractivity (Wildman–Crippen MR) is 83.0 cm³/mol. The van der Waals surface area contributed by atoms with E-state index in [9.17, 15) is 57.1 Å².